The number of benzene rings is 1. The highest BCUT2D eigenvalue weighted by molar-refractivity contribution is 7.89. The van der Waals surface area contributed by atoms with Crippen molar-refractivity contribution in [3.63, 3.8) is 0 Å². The van der Waals surface area contributed by atoms with Gasteiger partial charge in [0, 0.05) is 19.1 Å². The number of nitrogens with two attached hydrogens (primary N) is 1. The maximum Gasteiger partial charge on any atom is 0.416 e. The maximum absolute atomic E-state index is 13.1. The number of amides is 1. The van der Waals surface area contributed by atoms with Crippen molar-refractivity contribution in [1.29, 1.82) is 0 Å². The molecule has 6 nitrogen and oxygen atoms in total. The maximum atomic E-state index is 13.1. The minimum Gasteiger partial charge on any atom is -0.368 e. The van der Waals surface area contributed by atoms with E-state index in [0.717, 1.165) is 25.0 Å². The van der Waals surface area contributed by atoms with Gasteiger partial charge in [0.05, 0.1) is 16.6 Å². The van der Waals surface area contributed by atoms with E-state index in [1.165, 1.54) is 4.31 Å². The summed E-state index contributed by atoms with van der Waals surface area (Å²) in [6.07, 6.45) is -2.47. The van der Waals surface area contributed by atoms with Crippen LogP contribution >= 0.6 is 11.6 Å². The smallest absolute Gasteiger partial charge is 0.368 e. The molecule has 1 saturated heterocycles. The number of nitrogens with one attached hydrogen (secondary N) is 1. The highest BCUT2D eigenvalue weighted by atomic mass is 35.5. The molecule has 2 fully saturated rings. The predicted molar refractivity (Wildman–Crippen MR) is 115 cm³/mol. The van der Waals surface area contributed by atoms with Gasteiger partial charge in [-0.05, 0) is 54.7 Å². The Morgan fingerprint density at radius 3 is 2.44 bits per heavy atom. The van der Waals surface area contributed by atoms with Gasteiger partial charge in [-0.1, -0.05) is 32.4 Å². The lowest BCUT2D eigenvalue weighted by Gasteiger charge is -2.29. The van der Waals surface area contributed by atoms with Crippen LogP contribution < -0.4 is 11.1 Å². The molecular formula is C21H29ClF3N3O3S. The lowest BCUT2D eigenvalue weighted by atomic mass is 9.87. The highest BCUT2D eigenvalue weighted by Crippen LogP contribution is 2.42. The van der Waals surface area contributed by atoms with Crippen LogP contribution in [0.5, 0.6) is 0 Å². The Kier molecular flexibility index (Phi) is 6.93. The molecule has 2 aliphatic rings. The van der Waals surface area contributed by atoms with Crippen LogP contribution in [0, 0.1) is 17.3 Å². The summed E-state index contributed by atoms with van der Waals surface area (Å²) in [5.74, 6) is -0.360. The quantitative estimate of drug-likeness (QED) is 0.630. The van der Waals surface area contributed by atoms with E-state index in [2.05, 4.69) is 5.32 Å². The normalized spacial score (nSPS) is 25.7. The van der Waals surface area contributed by atoms with Crippen LogP contribution in [-0.2, 0) is 21.0 Å². The molecule has 32 heavy (non-hydrogen) atoms. The van der Waals surface area contributed by atoms with Crippen LogP contribution in [0.1, 0.15) is 45.6 Å². The van der Waals surface area contributed by atoms with Gasteiger partial charge in [-0.15, -0.1) is 0 Å². The zero-order valence-corrected chi connectivity index (χ0v) is 19.8. The SMILES string of the molecule is CC(C)(C)C[C@H](N[C@H]1CC[C@@H]2CN(S(=O)(=O)c3ccc(C(F)(F)F)cc3Cl)C[C@@H]21)C(N)=O. The molecule has 1 saturated carbocycles. The topological polar surface area (TPSA) is 92.5 Å². The van der Waals surface area contributed by atoms with Gasteiger partial charge in [-0.2, -0.15) is 17.5 Å². The van der Waals surface area contributed by atoms with Gasteiger partial charge in [0.2, 0.25) is 15.9 Å². The molecule has 1 aliphatic carbocycles. The fourth-order valence-corrected chi connectivity index (χ4v) is 6.82. The summed E-state index contributed by atoms with van der Waals surface area (Å²) in [4.78, 5) is 11.6. The summed E-state index contributed by atoms with van der Waals surface area (Å²) in [6.45, 7) is 6.52. The van der Waals surface area contributed by atoms with E-state index in [9.17, 15) is 26.4 Å². The number of alkyl halides is 3. The van der Waals surface area contributed by atoms with Crippen molar-refractivity contribution in [3.05, 3.63) is 28.8 Å². The first-order valence-electron chi connectivity index (χ1n) is 10.5. The number of carbonyl (C=O) groups excluding carboxylic acids is 1. The fourth-order valence-electron chi connectivity index (χ4n) is 4.77. The minimum absolute atomic E-state index is 0.0141. The van der Waals surface area contributed by atoms with Gasteiger partial charge in [-0.25, -0.2) is 8.42 Å². The zero-order chi connectivity index (χ0) is 24.1. The van der Waals surface area contributed by atoms with E-state index >= 15 is 0 Å². The van der Waals surface area contributed by atoms with Gasteiger partial charge >= 0.3 is 6.18 Å². The van der Waals surface area contributed by atoms with Gasteiger partial charge in [0.1, 0.15) is 4.90 Å². The number of hydrogen-bond acceptors (Lipinski definition) is 4. The highest BCUT2D eigenvalue weighted by Gasteiger charge is 2.47. The van der Waals surface area contributed by atoms with E-state index < -0.39 is 38.7 Å². The summed E-state index contributed by atoms with van der Waals surface area (Å²) in [6, 6.07) is 1.69. The van der Waals surface area contributed by atoms with Crippen LogP contribution in [-0.4, -0.2) is 43.8 Å². The van der Waals surface area contributed by atoms with Crippen LogP contribution in [0.3, 0.4) is 0 Å². The molecule has 11 heteroatoms. The monoisotopic (exact) mass is 495 g/mol. The summed E-state index contributed by atoms with van der Waals surface area (Å²) >= 11 is 5.94. The first-order chi connectivity index (χ1) is 14.6. The van der Waals surface area contributed by atoms with Gasteiger partial charge in [-0.3, -0.25) is 4.79 Å². The van der Waals surface area contributed by atoms with E-state index in [0.29, 0.717) is 12.5 Å². The molecule has 1 aromatic rings. The third kappa shape index (κ3) is 5.40. The number of rotatable bonds is 6. The van der Waals surface area contributed by atoms with Crippen LogP contribution in [0.4, 0.5) is 13.2 Å². The van der Waals surface area contributed by atoms with E-state index in [4.69, 9.17) is 17.3 Å². The molecule has 3 N–H and O–H groups in total. The lowest BCUT2D eigenvalue weighted by Crippen LogP contribution is -2.50. The van der Waals surface area contributed by atoms with Gasteiger partial charge < -0.3 is 11.1 Å². The second-order valence-electron chi connectivity index (χ2n) is 9.96. The molecule has 0 spiro atoms. The fraction of sp³-hybridized carbons (Fsp3) is 0.667. The predicted octanol–water partition coefficient (Wildman–Crippen LogP) is 3.64. The van der Waals surface area contributed by atoms with Gasteiger partial charge in [0.15, 0.2) is 0 Å². The number of carbonyl (C=O) groups is 1. The van der Waals surface area contributed by atoms with E-state index in [1.54, 1.807) is 0 Å². The number of fused-ring (bicyclic) bond motifs is 1. The Hall–Kier alpha value is -1.36. The molecule has 0 aromatic heterocycles. The zero-order valence-electron chi connectivity index (χ0n) is 18.2. The number of hydrogen-bond donors (Lipinski definition) is 2. The largest absolute Gasteiger partial charge is 0.416 e. The molecule has 3 rings (SSSR count). The summed E-state index contributed by atoms with van der Waals surface area (Å²) in [5.41, 5.74) is 4.47. The molecule has 1 heterocycles. The molecule has 0 unspecified atom stereocenters. The van der Waals surface area contributed by atoms with Crippen molar-refractivity contribution in [2.24, 2.45) is 23.0 Å². The number of primary amides is 1. The number of halogens is 4. The van der Waals surface area contributed by atoms with Crippen molar-refractivity contribution < 1.29 is 26.4 Å². The third-order valence-corrected chi connectivity index (χ3v) is 8.59. The summed E-state index contributed by atoms with van der Waals surface area (Å²) < 4.78 is 66.3. The minimum atomic E-state index is -4.61. The number of nitrogens with zero attached hydrogens (tertiary/aromatic N) is 1. The Bertz CT molecular complexity index is 979. The summed E-state index contributed by atoms with van der Waals surface area (Å²) in [5, 5.41) is 2.89. The first-order valence-corrected chi connectivity index (χ1v) is 12.3. The standard InChI is InChI=1S/C21H29ClF3N3O3S/c1-20(2,3)9-17(19(26)29)27-16-6-4-12-10-28(11-14(12)16)32(30,31)18-7-5-13(8-15(18)22)21(23,24)25/h5,7-8,12,14,16-17,27H,4,6,9-11H2,1-3H3,(H2,26,29)/t12-,14+,16+,17+/m1/s1. The Morgan fingerprint density at radius 1 is 1.25 bits per heavy atom. The first kappa shape index (κ1) is 25.3. The van der Waals surface area contributed by atoms with Crippen molar-refractivity contribution in [2.45, 2.75) is 63.2 Å². The average molecular weight is 496 g/mol. The van der Waals surface area contributed by atoms with Crippen molar-refractivity contribution >= 4 is 27.5 Å². The van der Waals surface area contributed by atoms with E-state index in [1.807, 2.05) is 20.8 Å². The van der Waals surface area contributed by atoms with Crippen molar-refractivity contribution in [2.75, 3.05) is 13.1 Å². The van der Waals surface area contributed by atoms with Gasteiger partial charge in [0.25, 0.3) is 0 Å². The Labute approximate surface area is 191 Å². The van der Waals surface area contributed by atoms with E-state index in [-0.39, 0.29) is 41.3 Å². The molecule has 1 aliphatic heterocycles. The molecule has 1 amide bonds. The summed E-state index contributed by atoms with van der Waals surface area (Å²) in [7, 11) is -4.06. The molecule has 0 radical (unpaired) electrons. The second-order valence-corrected chi connectivity index (χ2v) is 12.3. The van der Waals surface area contributed by atoms with Crippen LogP contribution in [0.25, 0.3) is 0 Å². The van der Waals surface area contributed by atoms with Crippen LogP contribution in [0.15, 0.2) is 23.1 Å². The molecule has 1 aromatic carbocycles. The molecular weight excluding hydrogens is 467 g/mol. The molecule has 180 valence electrons. The lowest BCUT2D eigenvalue weighted by molar-refractivity contribution is -0.137. The Balaban J connectivity index is 1.76. The third-order valence-electron chi connectivity index (χ3n) is 6.28. The number of sulfonamides is 1. The molecule has 0 bridgehead atoms. The average Bonchev–Trinajstić information content (AvgIpc) is 3.21. The molecule has 4 atom stereocenters. The van der Waals surface area contributed by atoms with Crippen molar-refractivity contribution in [3.8, 4) is 0 Å². The Morgan fingerprint density at radius 2 is 1.91 bits per heavy atom. The van der Waals surface area contributed by atoms with Crippen LogP contribution in [0.2, 0.25) is 5.02 Å². The second kappa shape index (κ2) is 8.77. The van der Waals surface area contributed by atoms with Crippen molar-refractivity contribution in [1.82, 2.24) is 9.62 Å².